The maximum Gasteiger partial charge on any atom is 0.407 e. The molecule has 0 aliphatic heterocycles. The summed E-state index contributed by atoms with van der Waals surface area (Å²) in [5.74, 6) is 0.497. The summed E-state index contributed by atoms with van der Waals surface area (Å²) >= 11 is 0. The van der Waals surface area contributed by atoms with E-state index >= 15 is 0 Å². The maximum absolute atomic E-state index is 12.1. The van der Waals surface area contributed by atoms with Crippen LogP contribution in [0.15, 0.2) is 46.6 Å². The Hall–Kier alpha value is -2.58. The Bertz CT molecular complexity index is 992. The van der Waals surface area contributed by atoms with Gasteiger partial charge in [-0.15, -0.1) is 0 Å². The lowest BCUT2D eigenvalue weighted by Gasteiger charge is -2.33. The van der Waals surface area contributed by atoms with Gasteiger partial charge in [0.15, 0.2) is 0 Å². The molecule has 0 aliphatic carbocycles. The number of allylic oxidation sites excluding steroid dienone is 4. The molecule has 0 aliphatic rings. The highest BCUT2D eigenvalue weighted by atomic mass is 16.6. The Kier molecular flexibility index (Phi) is 20.6. The van der Waals surface area contributed by atoms with E-state index in [-0.39, 0.29) is 23.9 Å². The minimum absolute atomic E-state index is 0.0549. The molecule has 2 amide bonds. The average molecular weight is 679 g/mol. The van der Waals surface area contributed by atoms with E-state index in [0.29, 0.717) is 25.7 Å². The smallest absolute Gasteiger partial charge is 0.407 e. The zero-order valence-corrected chi connectivity index (χ0v) is 34.0. The van der Waals surface area contributed by atoms with Crippen LogP contribution in [0.25, 0.3) is 0 Å². The molecule has 0 saturated heterocycles. The van der Waals surface area contributed by atoms with E-state index in [0.717, 1.165) is 22.3 Å². The van der Waals surface area contributed by atoms with E-state index in [9.17, 15) is 19.8 Å². The fraction of sp³-hybridized carbons (Fsp3) is 0.750. The predicted molar refractivity (Wildman–Crippen MR) is 202 cm³/mol. The van der Waals surface area contributed by atoms with Gasteiger partial charge in [-0.05, 0) is 157 Å². The summed E-state index contributed by atoms with van der Waals surface area (Å²) in [6.45, 7) is 34.8. The highest BCUT2D eigenvalue weighted by Crippen LogP contribution is 2.33. The van der Waals surface area contributed by atoms with Crippen molar-refractivity contribution in [3.63, 3.8) is 0 Å². The molecular formula is C40H74N2O6. The van der Waals surface area contributed by atoms with Gasteiger partial charge < -0.3 is 30.3 Å². The predicted octanol–water partition coefficient (Wildman–Crippen LogP) is 9.96. The molecule has 0 radical (unpaired) electrons. The minimum Gasteiger partial charge on any atom is -0.444 e. The Labute approximate surface area is 294 Å². The molecule has 0 heterocycles. The summed E-state index contributed by atoms with van der Waals surface area (Å²) in [5.41, 5.74) is 0.745. The number of ether oxygens (including phenoxy) is 2. The number of rotatable bonds is 14. The van der Waals surface area contributed by atoms with Crippen LogP contribution >= 0.6 is 0 Å². The van der Waals surface area contributed by atoms with Crippen LogP contribution in [0.2, 0.25) is 0 Å². The number of carbonyl (C=O) groups excluding carboxylic acids is 2. The second kappa shape index (κ2) is 20.8. The summed E-state index contributed by atoms with van der Waals surface area (Å²) in [6.07, 6.45) is 9.41. The second-order valence-electron chi connectivity index (χ2n) is 15.7. The Balaban J connectivity index is 0. The molecule has 0 fully saturated rings. The van der Waals surface area contributed by atoms with Crippen LogP contribution in [0, 0.1) is 11.8 Å². The standard InChI is InChI=1S/2C20H37NO3/c2*1-10-15(5)20(23,16(6)11-2)13-12-17(14(3)4)21-18(22)24-19(7,8)9/h2*10-11,14,17,23H,12-13H2,1-9H3,(H,21,22)/b15-10+,16-11+;15-10-,16-11+/t17-;17-,20?/m11/s1. The van der Waals surface area contributed by atoms with Crippen molar-refractivity contribution >= 4 is 12.2 Å². The third kappa shape index (κ3) is 17.2. The summed E-state index contributed by atoms with van der Waals surface area (Å²) in [5, 5.41) is 28.1. The van der Waals surface area contributed by atoms with Crippen LogP contribution in [0.3, 0.4) is 0 Å². The van der Waals surface area contributed by atoms with Crippen LogP contribution < -0.4 is 10.6 Å². The highest BCUT2D eigenvalue weighted by molar-refractivity contribution is 5.68. The van der Waals surface area contributed by atoms with Crippen molar-refractivity contribution < 1.29 is 29.3 Å². The highest BCUT2D eigenvalue weighted by Gasteiger charge is 2.33. The van der Waals surface area contributed by atoms with E-state index in [1.165, 1.54) is 0 Å². The number of aliphatic hydroxyl groups is 2. The molecule has 8 heteroatoms. The molecule has 0 spiro atoms. The van der Waals surface area contributed by atoms with Gasteiger partial charge in [0.05, 0.1) is 0 Å². The number of hydrogen-bond donors (Lipinski definition) is 4. The molecule has 0 bridgehead atoms. The average Bonchev–Trinajstić information content (AvgIpc) is 2.97. The van der Waals surface area contributed by atoms with Gasteiger partial charge in [-0.25, -0.2) is 9.59 Å². The molecular weight excluding hydrogens is 604 g/mol. The van der Waals surface area contributed by atoms with E-state index in [1.54, 1.807) is 0 Å². The van der Waals surface area contributed by atoms with Crippen molar-refractivity contribution in [2.24, 2.45) is 11.8 Å². The van der Waals surface area contributed by atoms with Gasteiger partial charge in [0.2, 0.25) is 0 Å². The maximum atomic E-state index is 12.1. The lowest BCUT2D eigenvalue weighted by Crippen LogP contribution is -2.43. The molecule has 0 aromatic heterocycles. The third-order valence-electron chi connectivity index (χ3n) is 8.99. The number of alkyl carbamates (subject to hydrolysis) is 2. The van der Waals surface area contributed by atoms with Gasteiger partial charge in [0.25, 0.3) is 0 Å². The topological polar surface area (TPSA) is 117 Å². The van der Waals surface area contributed by atoms with Crippen LogP contribution in [0.1, 0.15) is 150 Å². The van der Waals surface area contributed by atoms with Crippen LogP contribution in [0.5, 0.6) is 0 Å². The van der Waals surface area contributed by atoms with E-state index in [1.807, 2.05) is 121 Å². The van der Waals surface area contributed by atoms with Gasteiger partial charge in [0.1, 0.15) is 22.4 Å². The molecule has 3 atom stereocenters. The quantitative estimate of drug-likeness (QED) is 0.136. The molecule has 4 N–H and O–H groups in total. The fourth-order valence-electron chi connectivity index (χ4n) is 5.16. The first-order chi connectivity index (χ1) is 21.7. The van der Waals surface area contributed by atoms with Gasteiger partial charge in [-0.3, -0.25) is 0 Å². The molecule has 0 aromatic rings. The van der Waals surface area contributed by atoms with Crippen LogP contribution in [-0.2, 0) is 9.47 Å². The molecule has 1 unspecified atom stereocenters. The molecule has 8 nitrogen and oxygen atoms in total. The first kappa shape index (κ1) is 47.5. The van der Waals surface area contributed by atoms with E-state index < -0.39 is 34.6 Å². The summed E-state index contributed by atoms with van der Waals surface area (Å²) in [4.78, 5) is 24.1. The summed E-state index contributed by atoms with van der Waals surface area (Å²) in [7, 11) is 0. The molecule has 0 rings (SSSR count). The monoisotopic (exact) mass is 679 g/mol. The minimum atomic E-state index is -0.966. The zero-order chi connectivity index (χ0) is 38.3. The van der Waals surface area contributed by atoms with Crippen molar-refractivity contribution in [1.82, 2.24) is 10.6 Å². The van der Waals surface area contributed by atoms with Gasteiger partial charge >= 0.3 is 12.2 Å². The molecule has 0 saturated carbocycles. The number of carbonyl (C=O) groups is 2. The number of nitrogens with one attached hydrogen (secondary N) is 2. The summed E-state index contributed by atoms with van der Waals surface area (Å²) < 4.78 is 10.7. The molecule has 0 aromatic carbocycles. The summed E-state index contributed by atoms with van der Waals surface area (Å²) in [6, 6.07) is -0.110. The van der Waals surface area contributed by atoms with Gasteiger partial charge in [-0.1, -0.05) is 52.0 Å². The number of amides is 2. The van der Waals surface area contributed by atoms with Crippen molar-refractivity contribution in [2.75, 3.05) is 0 Å². The SMILES string of the molecule is C/C=C(/C)C(O)(CC[C@@H](NC(=O)OC(C)(C)C)C(C)C)/C(C)=C/C.C/C=C(\C)C(O)(CC[C@@H](NC(=O)OC(C)(C)C)C(C)C)/C(C)=C/C. The first-order valence-electron chi connectivity index (χ1n) is 17.7. The Morgan fingerprint density at radius 2 is 0.792 bits per heavy atom. The van der Waals surface area contributed by atoms with E-state index in [4.69, 9.17) is 9.47 Å². The largest absolute Gasteiger partial charge is 0.444 e. The first-order valence-corrected chi connectivity index (χ1v) is 17.7. The third-order valence-corrected chi connectivity index (χ3v) is 8.99. The van der Waals surface area contributed by atoms with Gasteiger partial charge in [0, 0.05) is 12.1 Å². The Morgan fingerprint density at radius 3 is 0.958 bits per heavy atom. The van der Waals surface area contributed by atoms with Crippen molar-refractivity contribution in [3.05, 3.63) is 46.6 Å². The lowest BCUT2D eigenvalue weighted by molar-refractivity contribution is 0.0458. The fourth-order valence-corrected chi connectivity index (χ4v) is 5.16. The zero-order valence-electron chi connectivity index (χ0n) is 34.0. The van der Waals surface area contributed by atoms with Crippen molar-refractivity contribution in [3.8, 4) is 0 Å². The van der Waals surface area contributed by atoms with Crippen molar-refractivity contribution in [2.45, 2.75) is 185 Å². The van der Waals surface area contributed by atoms with Crippen LogP contribution in [-0.4, -0.2) is 56.9 Å². The van der Waals surface area contributed by atoms with E-state index in [2.05, 4.69) is 38.3 Å². The molecule has 48 heavy (non-hydrogen) atoms. The lowest BCUT2D eigenvalue weighted by atomic mass is 9.81. The second-order valence-corrected chi connectivity index (χ2v) is 15.7. The Morgan fingerprint density at radius 1 is 0.562 bits per heavy atom. The van der Waals surface area contributed by atoms with Crippen LogP contribution in [0.4, 0.5) is 9.59 Å². The molecule has 280 valence electrons. The number of hydrogen-bond acceptors (Lipinski definition) is 6. The van der Waals surface area contributed by atoms with Gasteiger partial charge in [-0.2, -0.15) is 0 Å². The normalized spacial score (nSPS) is 17.5. The van der Waals surface area contributed by atoms with Crippen molar-refractivity contribution in [1.29, 1.82) is 0 Å².